The molecule has 0 aromatic heterocycles. The van der Waals surface area contributed by atoms with Gasteiger partial charge in [-0.25, -0.2) is 0 Å². The van der Waals surface area contributed by atoms with E-state index in [-0.39, 0.29) is 25.1 Å². The van der Waals surface area contributed by atoms with E-state index in [1.54, 1.807) is 32.4 Å². The van der Waals surface area contributed by atoms with Crippen LogP contribution in [0, 0.1) is 0 Å². The molecule has 1 N–H and O–H groups in total. The van der Waals surface area contributed by atoms with Gasteiger partial charge in [0.15, 0.2) is 0 Å². The fraction of sp³-hybridized carbons (Fsp3) is 0.462. The minimum absolute atomic E-state index is 0.120. The number of hydrogen-bond acceptors (Lipinski definition) is 5. The van der Waals surface area contributed by atoms with Crippen molar-refractivity contribution in [3.05, 3.63) is 23.8 Å². The topological polar surface area (TPSA) is 65.0 Å². The average Bonchev–Trinajstić information content (AvgIpc) is 2.39. The van der Waals surface area contributed by atoms with Gasteiger partial charge >= 0.3 is 5.97 Å². The molecule has 0 heterocycles. The third-order valence-electron chi connectivity index (χ3n) is 2.59. The molecule has 100 valence electrons. The highest BCUT2D eigenvalue weighted by Crippen LogP contribution is 2.30. The number of benzene rings is 1. The molecule has 1 rings (SSSR count). The molecule has 0 aliphatic rings. The van der Waals surface area contributed by atoms with E-state index < -0.39 is 0 Å². The van der Waals surface area contributed by atoms with E-state index in [2.05, 4.69) is 0 Å². The van der Waals surface area contributed by atoms with Crippen LogP contribution in [0.5, 0.6) is 11.5 Å². The maximum absolute atomic E-state index is 10.8. The van der Waals surface area contributed by atoms with Crippen molar-refractivity contribution in [3.8, 4) is 11.5 Å². The summed E-state index contributed by atoms with van der Waals surface area (Å²) in [6, 6.07) is 5.29. The zero-order valence-electron chi connectivity index (χ0n) is 10.8. The molecule has 0 aliphatic heterocycles. The summed E-state index contributed by atoms with van der Waals surface area (Å²) < 4.78 is 15.3. The van der Waals surface area contributed by atoms with Gasteiger partial charge in [-0.15, -0.1) is 0 Å². The van der Waals surface area contributed by atoms with Gasteiger partial charge in [-0.2, -0.15) is 0 Å². The van der Waals surface area contributed by atoms with Crippen LogP contribution in [0.3, 0.4) is 0 Å². The zero-order chi connectivity index (χ0) is 13.5. The molecule has 18 heavy (non-hydrogen) atoms. The SMILES string of the molecule is COc1ccc([C@H](CO)COC(C)=O)c(OC)c1. The summed E-state index contributed by atoms with van der Waals surface area (Å²) in [4.78, 5) is 10.8. The predicted octanol–water partition coefficient (Wildman–Crippen LogP) is 1.34. The average molecular weight is 254 g/mol. The normalized spacial score (nSPS) is 11.8. The molecule has 0 unspecified atom stereocenters. The van der Waals surface area contributed by atoms with E-state index in [9.17, 15) is 9.90 Å². The van der Waals surface area contributed by atoms with Crippen molar-refractivity contribution in [2.24, 2.45) is 0 Å². The van der Waals surface area contributed by atoms with Gasteiger partial charge in [0.05, 0.1) is 20.8 Å². The van der Waals surface area contributed by atoms with Crippen LogP contribution in [-0.2, 0) is 9.53 Å². The molecule has 0 saturated heterocycles. The lowest BCUT2D eigenvalue weighted by Crippen LogP contribution is -2.15. The molecule has 0 amide bonds. The molecule has 0 fully saturated rings. The number of carbonyl (C=O) groups excluding carboxylic acids is 1. The van der Waals surface area contributed by atoms with Gasteiger partial charge in [-0.1, -0.05) is 6.07 Å². The molecule has 1 atom stereocenters. The third-order valence-corrected chi connectivity index (χ3v) is 2.59. The Hall–Kier alpha value is -1.75. The summed E-state index contributed by atoms with van der Waals surface area (Å²) in [6.45, 7) is 1.32. The summed E-state index contributed by atoms with van der Waals surface area (Å²) in [6.07, 6.45) is 0. The number of carbonyl (C=O) groups is 1. The Morgan fingerprint density at radius 2 is 2.06 bits per heavy atom. The first-order valence-corrected chi connectivity index (χ1v) is 5.58. The molecule has 1 aromatic rings. The van der Waals surface area contributed by atoms with Gasteiger partial charge in [0.1, 0.15) is 18.1 Å². The van der Waals surface area contributed by atoms with Crippen molar-refractivity contribution in [1.82, 2.24) is 0 Å². The van der Waals surface area contributed by atoms with Crippen molar-refractivity contribution < 1.29 is 24.1 Å². The van der Waals surface area contributed by atoms with Crippen LogP contribution in [0.2, 0.25) is 0 Å². The van der Waals surface area contributed by atoms with Gasteiger partial charge in [0.25, 0.3) is 0 Å². The van der Waals surface area contributed by atoms with Crippen molar-refractivity contribution in [3.63, 3.8) is 0 Å². The van der Waals surface area contributed by atoms with E-state index in [1.807, 2.05) is 0 Å². The number of esters is 1. The molecular weight excluding hydrogens is 236 g/mol. The van der Waals surface area contributed by atoms with Crippen LogP contribution >= 0.6 is 0 Å². The molecule has 0 bridgehead atoms. The van der Waals surface area contributed by atoms with Gasteiger partial charge < -0.3 is 19.3 Å². The Bertz CT molecular complexity index is 402. The zero-order valence-corrected chi connectivity index (χ0v) is 10.8. The second-order valence-electron chi connectivity index (χ2n) is 3.79. The first-order valence-electron chi connectivity index (χ1n) is 5.58. The summed E-state index contributed by atoms with van der Waals surface area (Å²) in [5.74, 6) is 0.580. The lowest BCUT2D eigenvalue weighted by atomic mass is 9.99. The highest BCUT2D eigenvalue weighted by atomic mass is 16.5. The van der Waals surface area contributed by atoms with Crippen LogP contribution in [0.1, 0.15) is 18.4 Å². The van der Waals surface area contributed by atoms with E-state index in [0.29, 0.717) is 11.5 Å². The summed E-state index contributed by atoms with van der Waals surface area (Å²) in [5, 5.41) is 9.36. The largest absolute Gasteiger partial charge is 0.497 e. The minimum atomic E-state index is -0.374. The van der Waals surface area contributed by atoms with E-state index in [1.165, 1.54) is 6.92 Å². The molecule has 5 nitrogen and oxygen atoms in total. The van der Waals surface area contributed by atoms with E-state index >= 15 is 0 Å². The second kappa shape index (κ2) is 6.86. The van der Waals surface area contributed by atoms with Crippen LogP contribution in [-0.4, -0.2) is 38.5 Å². The van der Waals surface area contributed by atoms with Crippen molar-refractivity contribution in [2.45, 2.75) is 12.8 Å². The Morgan fingerprint density at radius 1 is 1.33 bits per heavy atom. The minimum Gasteiger partial charge on any atom is -0.497 e. The molecule has 0 spiro atoms. The first-order chi connectivity index (χ1) is 8.62. The van der Waals surface area contributed by atoms with Crippen molar-refractivity contribution in [1.29, 1.82) is 0 Å². The van der Waals surface area contributed by atoms with Crippen molar-refractivity contribution >= 4 is 5.97 Å². The highest BCUT2D eigenvalue weighted by Gasteiger charge is 2.17. The molecule has 0 aliphatic carbocycles. The summed E-state index contributed by atoms with van der Waals surface area (Å²) in [7, 11) is 3.11. The van der Waals surface area contributed by atoms with Gasteiger partial charge in [0, 0.05) is 24.5 Å². The summed E-state index contributed by atoms with van der Waals surface area (Å²) >= 11 is 0. The maximum atomic E-state index is 10.8. The van der Waals surface area contributed by atoms with Crippen LogP contribution in [0.4, 0.5) is 0 Å². The molecule has 1 aromatic carbocycles. The van der Waals surface area contributed by atoms with Gasteiger partial charge in [0.2, 0.25) is 0 Å². The summed E-state index contributed by atoms with van der Waals surface area (Å²) in [5.41, 5.74) is 0.780. The third kappa shape index (κ3) is 3.63. The predicted molar refractivity (Wildman–Crippen MR) is 66.0 cm³/mol. The quantitative estimate of drug-likeness (QED) is 0.776. The Labute approximate surface area is 106 Å². The van der Waals surface area contributed by atoms with Crippen LogP contribution < -0.4 is 9.47 Å². The van der Waals surface area contributed by atoms with Crippen LogP contribution in [0.15, 0.2) is 18.2 Å². The Kier molecular flexibility index (Phi) is 5.45. The fourth-order valence-electron chi connectivity index (χ4n) is 1.61. The smallest absolute Gasteiger partial charge is 0.302 e. The molecule has 0 radical (unpaired) electrons. The fourth-order valence-corrected chi connectivity index (χ4v) is 1.61. The Balaban J connectivity index is 2.93. The maximum Gasteiger partial charge on any atom is 0.302 e. The van der Waals surface area contributed by atoms with Crippen molar-refractivity contribution in [2.75, 3.05) is 27.4 Å². The molecule has 0 saturated carbocycles. The number of aliphatic hydroxyl groups is 1. The number of methoxy groups -OCH3 is 2. The first kappa shape index (κ1) is 14.3. The van der Waals surface area contributed by atoms with E-state index in [0.717, 1.165) is 5.56 Å². The van der Waals surface area contributed by atoms with Gasteiger partial charge in [-0.3, -0.25) is 4.79 Å². The lowest BCUT2D eigenvalue weighted by molar-refractivity contribution is -0.141. The van der Waals surface area contributed by atoms with E-state index in [4.69, 9.17) is 14.2 Å². The molecule has 5 heteroatoms. The monoisotopic (exact) mass is 254 g/mol. The molecular formula is C13H18O5. The lowest BCUT2D eigenvalue weighted by Gasteiger charge is -2.18. The van der Waals surface area contributed by atoms with Crippen LogP contribution in [0.25, 0.3) is 0 Å². The number of hydrogen-bond donors (Lipinski definition) is 1. The highest BCUT2D eigenvalue weighted by molar-refractivity contribution is 5.66. The van der Waals surface area contributed by atoms with Gasteiger partial charge in [-0.05, 0) is 6.07 Å². The second-order valence-corrected chi connectivity index (χ2v) is 3.79. The standard InChI is InChI=1S/C13H18O5/c1-9(15)18-8-10(7-14)12-5-4-11(16-2)6-13(12)17-3/h4-6,10,14H,7-8H2,1-3H3/t10-/m1/s1. The Morgan fingerprint density at radius 3 is 2.56 bits per heavy atom. The number of rotatable bonds is 6. The number of ether oxygens (including phenoxy) is 3. The number of aliphatic hydroxyl groups excluding tert-OH is 1.